The van der Waals surface area contributed by atoms with E-state index >= 15 is 0 Å². The zero-order valence-corrected chi connectivity index (χ0v) is 11.5. The maximum atomic E-state index is 12.5. The van der Waals surface area contributed by atoms with E-state index in [1.54, 1.807) is 7.11 Å². The summed E-state index contributed by atoms with van der Waals surface area (Å²) in [5.41, 5.74) is 2.35. The summed E-state index contributed by atoms with van der Waals surface area (Å²) in [6.45, 7) is 5.18. The summed E-state index contributed by atoms with van der Waals surface area (Å²) < 4.78 is 5.26. The number of hydrogen-bond acceptors (Lipinski definition) is 3. The summed E-state index contributed by atoms with van der Waals surface area (Å²) in [6, 6.07) is 6.16. The van der Waals surface area contributed by atoms with Gasteiger partial charge in [-0.3, -0.25) is 4.79 Å². The molecule has 1 saturated heterocycles. The molecule has 0 bridgehead atoms. The smallest absolute Gasteiger partial charge is 0.231 e. The van der Waals surface area contributed by atoms with E-state index in [4.69, 9.17) is 4.74 Å². The number of methoxy groups -OCH3 is 1. The van der Waals surface area contributed by atoms with Gasteiger partial charge in [0, 0.05) is 26.2 Å². The minimum atomic E-state index is -0.198. The Morgan fingerprint density at radius 2 is 2.16 bits per heavy atom. The molecule has 1 aromatic carbocycles. The largest absolute Gasteiger partial charge is 0.497 e. The van der Waals surface area contributed by atoms with Crippen LogP contribution in [0.15, 0.2) is 18.2 Å². The van der Waals surface area contributed by atoms with Gasteiger partial charge in [0.1, 0.15) is 5.75 Å². The maximum absolute atomic E-state index is 12.5. The third-order valence-electron chi connectivity index (χ3n) is 4.26. The first kappa shape index (κ1) is 12.5. The highest BCUT2D eigenvalue weighted by Crippen LogP contribution is 2.29. The van der Waals surface area contributed by atoms with Gasteiger partial charge in [0.25, 0.3) is 0 Å². The zero-order valence-electron chi connectivity index (χ0n) is 11.5. The number of benzene rings is 1. The lowest BCUT2D eigenvalue weighted by Crippen LogP contribution is -2.60. The quantitative estimate of drug-likeness (QED) is 0.868. The summed E-state index contributed by atoms with van der Waals surface area (Å²) in [5.74, 6) is 1.14. The molecule has 19 heavy (non-hydrogen) atoms. The first-order chi connectivity index (χ1) is 9.12. The van der Waals surface area contributed by atoms with Gasteiger partial charge in [-0.15, -0.1) is 0 Å². The Balaban J connectivity index is 1.79. The molecular weight excluding hydrogens is 240 g/mol. The van der Waals surface area contributed by atoms with Crippen LogP contribution in [-0.2, 0) is 17.8 Å². The van der Waals surface area contributed by atoms with E-state index in [2.05, 4.69) is 17.4 Å². The average molecular weight is 260 g/mol. The van der Waals surface area contributed by atoms with Crippen LogP contribution in [-0.4, -0.2) is 37.6 Å². The topological polar surface area (TPSA) is 41.6 Å². The number of rotatable bonds is 2. The molecule has 0 saturated carbocycles. The van der Waals surface area contributed by atoms with E-state index in [9.17, 15) is 4.79 Å². The molecule has 2 aliphatic heterocycles. The molecule has 102 valence electrons. The van der Waals surface area contributed by atoms with E-state index in [-0.39, 0.29) is 11.3 Å². The van der Waals surface area contributed by atoms with Crippen LogP contribution in [0, 0.1) is 5.41 Å². The van der Waals surface area contributed by atoms with Crippen LogP contribution >= 0.6 is 0 Å². The van der Waals surface area contributed by atoms with Gasteiger partial charge < -0.3 is 15.0 Å². The Morgan fingerprint density at radius 3 is 2.79 bits per heavy atom. The fraction of sp³-hybridized carbons (Fsp3) is 0.533. The third kappa shape index (κ3) is 2.10. The van der Waals surface area contributed by atoms with Crippen molar-refractivity contribution in [2.75, 3.05) is 26.7 Å². The molecule has 4 nitrogen and oxygen atoms in total. The average Bonchev–Trinajstić information content (AvgIpc) is 2.42. The Hall–Kier alpha value is -1.55. The SMILES string of the molecule is COc1ccc2c(c1)CN(C(=O)C1(C)CNC1)CC2. The lowest BCUT2D eigenvalue weighted by Gasteiger charge is -2.42. The van der Waals surface area contributed by atoms with Crippen LogP contribution in [0.4, 0.5) is 0 Å². The molecule has 2 aliphatic rings. The highest BCUT2D eigenvalue weighted by molar-refractivity contribution is 5.84. The van der Waals surface area contributed by atoms with Crippen molar-refractivity contribution in [1.82, 2.24) is 10.2 Å². The Kier molecular flexibility index (Phi) is 2.97. The van der Waals surface area contributed by atoms with E-state index in [0.717, 1.165) is 31.8 Å². The number of nitrogens with zero attached hydrogens (tertiary/aromatic N) is 1. The van der Waals surface area contributed by atoms with Crippen molar-refractivity contribution >= 4 is 5.91 Å². The highest BCUT2D eigenvalue weighted by Gasteiger charge is 2.42. The zero-order chi connectivity index (χ0) is 13.5. The standard InChI is InChI=1S/C15H20N2O2/c1-15(9-16-10-15)14(18)17-6-5-11-3-4-13(19-2)7-12(11)8-17/h3-4,7,16H,5-6,8-10H2,1-2H3. The van der Waals surface area contributed by atoms with Crippen molar-refractivity contribution in [3.63, 3.8) is 0 Å². The van der Waals surface area contributed by atoms with Gasteiger partial charge in [-0.05, 0) is 36.6 Å². The highest BCUT2D eigenvalue weighted by atomic mass is 16.5. The molecule has 0 spiro atoms. The molecule has 0 radical (unpaired) electrons. The summed E-state index contributed by atoms with van der Waals surface area (Å²) >= 11 is 0. The molecule has 0 aliphatic carbocycles. The van der Waals surface area contributed by atoms with Gasteiger partial charge >= 0.3 is 0 Å². The summed E-state index contributed by atoms with van der Waals surface area (Å²) in [4.78, 5) is 14.5. The fourth-order valence-corrected chi connectivity index (χ4v) is 2.87. The Labute approximate surface area is 113 Å². The van der Waals surface area contributed by atoms with Crippen LogP contribution in [0.1, 0.15) is 18.1 Å². The van der Waals surface area contributed by atoms with Gasteiger partial charge in [0.15, 0.2) is 0 Å². The van der Waals surface area contributed by atoms with E-state index in [1.807, 2.05) is 17.9 Å². The molecule has 4 heteroatoms. The molecule has 1 aromatic rings. The van der Waals surface area contributed by atoms with Crippen LogP contribution in [0.25, 0.3) is 0 Å². The molecule has 0 aromatic heterocycles. The van der Waals surface area contributed by atoms with Crippen LogP contribution in [0.2, 0.25) is 0 Å². The summed E-state index contributed by atoms with van der Waals surface area (Å²) in [5, 5.41) is 3.19. The first-order valence-corrected chi connectivity index (χ1v) is 6.78. The van der Waals surface area contributed by atoms with E-state index < -0.39 is 0 Å². The molecule has 1 fully saturated rings. The first-order valence-electron chi connectivity index (χ1n) is 6.78. The number of amides is 1. The van der Waals surface area contributed by atoms with Crippen LogP contribution in [0.3, 0.4) is 0 Å². The minimum Gasteiger partial charge on any atom is -0.497 e. The van der Waals surface area contributed by atoms with Gasteiger partial charge in [-0.1, -0.05) is 6.07 Å². The van der Waals surface area contributed by atoms with Crippen LogP contribution < -0.4 is 10.1 Å². The van der Waals surface area contributed by atoms with Crippen molar-refractivity contribution in [3.05, 3.63) is 29.3 Å². The Bertz CT molecular complexity index is 509. The second-order valence-electron chi connectivity index (χ2n) is 5.78. The molecule has 0 unspecified atom stereocenters. The van der Waals surface area contributed by atoms with Gasteiger partial charge in [0.05, 0.1) is 12.5 Å². The molecule has 0 atom stereocenters. The van der Waals surface area contributed by atoms with Crippen LogP contribution in [0.5, 0.6) is 5.75 Å². The molecular formula is C15H20N2O2. The monoisotopic (exact) mass is 260 g/mol. The van der Waals surface area contributed by atoms with Crippen molar-refractivity contribution in [2.24, 2.45) is 5.41 Å². The predicted octanol–water partition coefficient (Wildman–Crippen LogP) is 1.19. The second kappa shape index (κ2) is 4.53. The molecule has 1 N–H and O–H groups in total. The lowest BCUT2D eigenvalue weighted by atomic mass is 9.82. The number of carbonyl (C=O) groups excluding carboxylic acids is 1. The number of carbonyl (C=O) groups is 1. The maximum Gasteiger partial charge on any atom is 0.231 e. The van der Waals surface area contributed by atoms with E-state index in [1.165, 1.54) is 11.1 Å². The van der Waals surface area contributed by atoms with Gasteiger partial charge in [-0.2, -0.15) is 0 Å². The number of nitrogens with one attached hydrogen (secondary N) is 1. The predicted molar refractivity (Wildman–Crippen MR) is 73.1 cm³/mol. The minimum absolute atomic E-state index is 0.198. The lowest BCUT2D eigenvalue weighted by molar-refractivity contribution is -0.145. The third-order valence-corrected chi connectivity index (χ3v) is 4.26. The number of fused-ring (bicyclic) bond motifs is 1. The molecule has 2 heterocycles. The van der Waals surface area contributed by atoms with Gasteiger partial charge in [0.2, 0.25) is 5.91 Å². The van der Waals surface area contributed by atoms with Crippen molar-refractivity contribution in [1.29, 1.82) is 0 Å². The Morgan fingerprint density at radius 1 is 1.37 bits per heavy atom. The molecule has 1 amide bonds. The van der Waals surface area contributed by atoms with E-state index in [0.29, 0.717) is 6.54 Å². The second-order valence-corrected chi connectivity index (χ2v) is 5.78. The molecule has 3 rings (SSSR count). The van der Waals surface area contributed by atoms with Gasteiger partial charge in [-0.25, -0.2) is 0 Å². The van der Waals surface area contributed by atoms with Crippen molar-refractivity contribution < 1.29 is 9.53 Å². The summed E-state index contributed by atoms with van der Waals surface area (Å²) in [6.07, 6.45) is 0.939. The van der Waals surface area contributed by atoms with Crippen molar-refractivity contribution in [3.8, 4) is 5.75 Å². The van der Waals surface area contributed by atoms with Crippen molar-refractivity contribution in [2.45, 2.75) is 19.9 Å². The number of hydrogen-bond donors (Lipinski definition) is 1. The number of ether oxygens (including phenoxy) is 1. The normalized spacial score (nSPS) is 20.4. The summed E-state index contributed by atoms with van der Waals surface area (Å²) in [7, 11) is 1.68. The fourth-order valence-electron chi connectivity index (χ4n) is 2.87.